The van der Waals surface area contributed by atoms with Gasteiger partial charge in [-0.1, -0.05) is 30.3 Å². The van der Waals surface area contributed by atoms with Crippen LogP contribution in [0.1, 0.15) is 5.82 Å². The van der Waals surface area contributed by atoms with Crippen molar-refractivity contribution in [3.05, 3.63) is 84.7 Å². The summed E-state index contributed by atoms with van der Waals surface area (Å²) < 4.78 is 11.2. The molecule has 0 fully saturated rings. The first-order valence-electron chi connectivity index (χ1n) is 8.92. The molecule has 0 radical (unpaired) electrons. The van der Waals surface area contributed by atoms with Gasteiger partial charge < -0.3 is 19.8 Å². The fourth-order valence-electron chi connectivity index (χ4n) is 2.70. The van der Waals surface area contributed by atoms with Gasteiger partial charge in [-0.15, -0.1) is 0 Å². The molecule has 0 aliphatic heterocycles. The minimum absolute atomic E-state index is 0.0703. The first-order chi connectivity index (χ1) is 13.8. The van der Waals surface area contributed by atoms with Crippen LogP contribution in [0.25, 0.3) is 11.0 Å². The molecular formula is C22H19N3O3. The summed E-state index contributed by atoms with van der Waals surface area (Å²) in [5.74, 6) is 2.55. The number of hydrogen-bond donors (Lipinski definition) is 2. The summed E-state index contributed by atoms with van der Waals surface area (Å²) in [4.78, 5) is 19.6. The van der Waals surface area contributed by atoms with Gasteiger partial charge in [-0.2, -0.15) is 0 Å². The molecule has 4 aromatic rings. The van der Waals surface area contributed by atoms with Crippen LogP contribution in [0.2, 0.25) is 0 Å². The number of hydrogen-bond acceptors (Lipinski definition) is 4. The van der Waals surface area contributed by atoms with Gasteiger partial charge >= 0.3 is 0 Å². The van der Waals surface area contributed by atoms with Gasteiger partial charge in [0.25, 0.3) is 5.91 Å². The summed E-state index contributed by atoms with van der Waals surface area (Å²) in [5, 5.41) is 2.79. The Bertz CT molecular complexity index is 1030. The quantitative estimate of drug-likeness (QED) is 0.512. The molecule has 0 bridgehead atoms. The number of carbonyl (C=O) groups is 1. The summed E-state index contributed by atoms with van der Waals surface area (Å²) in [6, 6.07) is 24.4. The molecule has 1 heterocycles. The predicted octanol–water partition coefficient (Wildman–Crippen LogP) is 4.05. The third-order valence-corrected chi connectivity index (χ3v) is 4.06. The van der Waals surface area contributed by atoms with E-state index in [9.17, 15) is 4.79 Å². The van der Waals surface area contributed by atoms with Gasteiger partial charge in [0.1, 0.15) is 23.1 Å². The van der Waals surface area contributed by atoms with Gasteiger partial charge in [-0.05, 0) is 48.5 Å². The van der Waals surface area contributed by atoms with Crippen LogP contribution in [0.4, 0.5) is 0 Å². The van der Waals surface area contributed by atoms with Crippen LogP contribution in [0.5, 0.6) is 17.2 Å². The van der Waals surface area contributed by atoms with Crippen molar-refractivity contribution < 1.29 is 14.3 Å². The maximum atomic E-state index is 12.0. The molecule has 0 unspecified atom stereocenters. The Hall–Kier alpha value is -3.80. The number of aromatic amines is 1. The first-order valence-corrected chi connectivity index (χ1v) is 8.92. The van der Waals surface area contributed by atoms with E-state index in [1.54, 1.807) is 24.3 Å². The van der Waals surface area contributed by atoms with Crippen LogP contribution in [0.15, 0.2) is 78.9 Å². The van der Waals surface area contributed by atoms with Crippen LogP contribution in [0.3, 0.4) is 0 Å². The standard InChI is InChI=1S/C22H19N3O3/c26-22(23-14-21-24-19-8-4-5-9-20(19)25-21)15-27-16-10-12-18(13-11-16)28-17-6-2-1-3-7-17/h1-13H,14-15H2,(H,23,26)(H,24,25). The second kappa shape index (κ2) is 8.26. The monoisotopic (exact) mass is 373 g/mol. The summed E-state index contributed by atoms with van der Waals surface area (Å²) >= 11 is 0. The van der Waals surface area contributed by atoms with E-state index in [4.69, 9.17) is 9.47 Å². The summed E-state index contributed by atoms with van der Waals surface area (Å²) in [7, 11) is 0. The molecule has 0 spiro atoms. The number of ether oxygens (including phenoxy) is 2. The average Bonchev–Trinajstić information content (AvgIpc) is 3.15. The average molecular weight is 373 g/mol. The number of benzene rings is 3. The molecule has 1 amide bonds. The fraction of sp³-hybridized carbons (Fsp3) is 0.0909. The van der Waals surface area contributed by atoms with Gasteiger partial charge in [0.05, 0.1) is 17.6 Å². The number of fused-ring (bicyclic) bond motifs is 1. The van der Waals surface area contributed by atoms with Crippen molar-refractivity contribution in [1.82, 2.24) is 15.3 Å². The van der Waals surface area contributed by atoms with Crippen molar-refractivity contribution >= 4 is 16.9 Å². The van der Waals surface area contributed by atoms with E-state index in [2.05, 4.69) is 15.3 Å². The molecule has 0 aliphatic carbocycles. The Morgan fingerprint density at radius 1 is 0.857 bits per heavy atom. The molecule has 4 rings (SSSR count). The molecule has 6 heteroatoms. The number of imidazole rings is 1. The molecule has 0 aliphatic rings. The van der Waals surface area contributed by atoms with Crippen LogP contribution in [-0.4, -0.2) is 22.5 Å². The van der Waals surface area contributed by atoms with Gasteiger partial charge in [0, 0.05) is 0 Å². The molecule has 0 saturated heterocycles. The second-order valence-corrected chi connectivity index (χ2v) is 6.15. The molecule has 140 valence electrons. The van der Waals surface area contributed by atoms with Crippen molar-refractivity contribution in [2.75, 3.05) is 6.61 Å². The van der Waals surface area contributed by atoms with E-state index in [1.807, 2.05) is 54.6 Å². The third-order valence-electron chi connectivity index (χ3n) is 4.06. The summed E-state index contributed by atoms with van der Waals surface area (Å²) in [5.41, 5.74) is 1.82. The molecule has 0 saturated carbocycles. The number of nitrogens with one attached hydrogen (secondary N) is 2. The maximum absolute atomic E-state index is 12.0. The molecule has 1 aromatic heterocycles. The Balaban J connectivity index is 1.25. The van der Waals surface area contributed by atoms with E-state index in [-0.39, 0.29) is 12.5 Å². The molecule has 28 heavy (non-hydrogen) atoms. The normalized spacial score (nSPS) is 10.6. The molecular weight excluding hydrogens is 354 g/mol. The van der Waals surface area contributed by atoms with E-state index in [1.165, 1.54) is 0 Å². The Morgan fingerprint density at radius 3 is 2.32 bits per heavy atom. The number of nitrogens with zero attached hydrogens (tertiary/aromatic N) is 1. The van der Waals surface area contributed by atoms with E-state index < -0.39 is 0 Å². The van der Waals surface area contributed by atoms with Crippen LogP contribution in [0, 0.1) is 0 Å². The molecule has 6 nitrogen and oxygen atoms in total. The minimum Gasteiger partial charge on any atom is -0.484 e. The number of carbonyl (C=O) groups excluding carboxylic acids is 1. The highest BCUT2D eigenvalue weighted by atomic mass is 16.5. The minimum atomic E-state index is -0.218. The highest BCUT2D eigenvalue weighted by molar-refractivity contribution is 5.78. The van der Waals surface area contributed by atoms with Crippen LogP contribution in [-0.2, 0) is 11.3 Å². The third kappa shape index (κ3) is 4.48. The Labute approximate surface area is 162 Å². The zero-order chi connectivity index (χ0) is 19.2. The van der Waals surface area contributed by atoms with Crippen molar-refractivity contribution in [2.24, 2.45) is 0 Å². The zero-order valence-corrected chi connectivity index (χ0v) is 15.1. The van der Waals surface area contributed by atoms with Crippen LogP contribution < -0.4 is 14.8 Å². The number of para-hydroxylation sites is 3. The number of aromatic nitrogens is 2. The van der Waals surface area contributed by atoms with Crippen molar-refractivity contribution in [2.45, 2.75) is 6.54 Å². The molecule has 3 aromatic carbocycles. The lowest BCUT2D eigenvalue weighted by molar-refractivity contribution is -0.123. The fourth-order valence-corrected chi connectivity index (χ4v) is 2.70. The van der Waals surface area contributed by atoms with Crippen molar-refractivity contribution in [3.8, 4) is 17.2 Å². The Kier molecular flexibility index (Phi) is 5.20. The highest BCUT2D eigenvalue weighted by Gasteiger charge is 2.06. The van der Waals surface area contributed by atoms with E-state index in [0.717, 1.165) is 16.8 Å². The maximum Gasteiger partial charge on any atom is 0.258 e. The second-order valence-electron chi connectivity index (χ2n) is 6.15. The molecule has 2 N–H and O–H groups in total. The Morgan fingerprint density at radius 2 is 1.54 bits per heavy atom. The van der Waals surface area contributed by atoms with Crippen molar-refractivity contribution in [1.29, 1.82) is 0 Å². The number of rotatable bonds is 7. The summed E-state index contributed by atoms with van der Waals surface area (Å²) in [6.07, 6.45) is 0. The summed E-state index contributed by atoms with van der Waals surface area (Å²) in [6.45, 7) is 0.250. The smallest absolute Gasteiger partial charge is 0.258 e. The van der Waals surface area contributed by atoms with Gasteiger partial charge in [0.2, 0.25) is 0 Å². The van der Waals surface area contributed by atoms with Gasteiger partial charge in [0.15, 0.2) is 6.61 Å². The van der Waals surface area contributed by atoms with Crippen molar-refractivity contribution in [3.63, 3.8) is 0 Å². The van der Waals surface area contributed by atoms with Gasteiger partial charge in [-0.3, -0.25) is 4.79 Å². The zero-order valence-electron chi connectivity index (χ0n) is 15.1. The topological polar surface area (TPSA) is 76.2 Å². The number of amides is 1. The lowest BCUT2D eigenvalue weighted by atomic mass is 10.3. The molecule has 0 atom stereocenters. The van der Waals surface area contributed by atoms with E-state index in [0.29, 0.717) is 23.9 Å². The SMILES string of the molecule is O=C(COc1ccc(Oc2ccccc2)cc1)NCc1nc2ccccc2[nH]1. The highest BCUT2D eigenvalue weighted by Crippen LogP contribution is 2.23. The predicted molar refractivity (Wildman–Crippen MR) is 106 cm³/mol. The largest absolute Gasteiger partial charge is 0.484 e. The number of H-pyrrole nitrogens is 1. The lowest BCUT2D eigenvalue weighted by Gasteiger charge is -2.08. The lowest BCUT2D eigenvalue weighted by Crippen LogP contribution is -2.28. The first kappa shape index (κ1) is 17.6. The van der Waals surface area contributed by atoms with Crippen LogP contribution >= 0.6 is 0 Å². The van der Waals surface area contributed by atoms with Gasteiger partial charge in [-0.25, -0.2) is 4.98 Å². The van der Waals surface area contributed by atoms with E-state index >= 15 is 0 Å².